The van der Waals surface area contributed by atoms with Gasteiger partial charge in [-0.05, 0) is 40.2 Å². The third-order valence-corrected chi connectivity index (χ3v) is 3.93. The zero-order chi connectivity index (χ0) is 17.0. The molecule has 2 aromatic carbocycles. The van der Waals surface area contributed by atoms with E-state index in [2.05, 4.69) is 21.2 Å². The maximum absolute atomic E-state index is 12.4. The van der Waals surface area contributed by atoms with Gasteiger partial charge in [0, 0.05) is 5.56 Å². The van der Waals surface area contributed by atoms with Gasteiger partial charge in [-0.1, -0.05) is 12.1 Å². The number of carbonyl (C=O) groups is 2. The van der Waals surface area contributed by atoms with Gasteiger partial charge in [-0.3, -0.25) is 9.59 Å². The molecule has 2 amide bonds. The summed E-state index contributed by atoms with van der Waals surface area (Å²) >= 11 is 3.34. The molecule has 0 radical (unpaired) electrons. The second-order valence-electron chi connectivity index (χ2n) is 4.56. The summed E-state index contributed by atoms with van der Waals surface area (Å²) in [6.45, 7) is 0. The summed E-state index contributed by atoms with van der Waals surface area (Å²) in [5.41, 5.74) is 6.20. The third-order valence-electron chi connectivity index (χ3n) is 3.15. The quantitative estimate of drug-likeness (QED) is 0.836. The van der Waals surface area contributed by atoms with Crippen LogP contribution in [0.25, 0.3) is 0 Å². The number of primary amides is 1. The fourth-order valence-electron chi connectivity index (χ4n) is 2.00. The summed E-state index contributed by atoms with van der Waals surface area (Å²) in [6, 6.07) is 9.64. The molecule has 120 valence electrons. The van der Waals surface area contributed by atoms with Gasteiger partial charge in [-0.2, -0.15) is 0 Å². The monoisotopic (exact) mass is 378 g/mol. The molecule has 6 nitrogen and oxygen atoms in total. The first-order valence-corrected chi connectivity index (χ1v) is 7.39. The fraction of sp³-hybridized carbons (Fsp3) is 0.125. The van der Waals surface area contributed by atoms with Crippen molar-refractivity contribution in [1.29, 1.82) is 0 Å². The van der Waals surface area contributed by atoms with Crippen molar-refractivity contribution < 1.29 is 19.1 Å². The average molecular weight is 379 g/mol. The SMILES string of the molecule is COc1cc(C(=O)Nc2ccccc2C(N)=O)cc(OC)c1Br. The van der Waals surface area contributed by atoms with Crippen molar-refractivity contribution in [3.63, 3.8) is 0 Å². The summed E-state index contributed by atoms with van der Waals surface area (Å²) in [5.74, 6) is -0.120. The summed E-state index contributed by atoms with van der Waals surface area (Å²) in [4.78, 5) is 23.9. The molecule has 0 aliphatic carbocycles. The van der Waals surface area contributed by atoms with Crippen LogP contribution in [0.3, 0.4) is 0 Å². The van der Waals surface area contributed by atoms with E-state index in [9.17, 15) is 9.59 Å². The Bertz CT molecular complexity index is 736. The van der Waals surface area contributed by atoms with Crippen molar-refractivity contribution in [2.24, 2.45) is 5.73 Å². The van der Waals surface area contributed by atoms with Crippen LogP contribution in [0.15, 0.2) is 40.9 Å². The minimum atomic E-state index is -0.619. The lowest BCUT2D eigenvalue weighted by Gasteiger charge is -2.12. The van der Waals surface area contributed by atoms with Crippen LogP contribution in [0.5, 0.6) is 11.5 Å². The molecule has 0 aliphatic rings. The number of nitrogens with two attached hydrogens (primary N) is 1. The van der Waals surface area contributed by atoms with E-state index < -0.39 is 11.8 Å². The Labute approximate surface area is 141 Å². The van der Waals surface area contributed by atoms with Gasteiger partial charge in [0.2, 0.25) is 0 Å². The number of methoxy groups -OCH3 is 2. The Morgan fingerprint density at radius 2 is 1.65 bits per heavy atom. The van der Waals surface area contributed by atoms with E-state index in [0.29, 0.717) is 27.2 Å². The first-order valence-electron chi connectivity index (χ1n) is 6.59. The van der Waals surface area contributed by atoms with Crippen molar-refractivity contribution in [3.05, 3.63) is 52.0 Å². The number of rotatable bonds is 5. The molecule has 0 spiro atoms. The van der Waals surface area contributed by atoms with Crippen LogP contribution in [0, 0.1) is 0 Å². The van der Waals surface area contributed by atoms with Crippen molar-refractivity contribution in [2.75, 3.05) is 19.5 Å². The standard InChI is InChI=1S/C16H15BrN2O4/c1-22-12-7-9(8-13(23-2)14(12)17)16(21)19-11-6-4-3-5-10(11)15(18)20/h3-8H,1-2H3,(H2,18,20)(H,19,21). The average Bonchev–Trinajstić information content (AvgIpc) is 2.55. The van der Waals surface area contributed by atoms with Crippen LogP contribution in [-0.4, -0.2) is 26.0 Å². The molecule has 0 aromatic heterocycles. The molecule has 0 bridgehead atoms. The van der Waals surface area contributed by atoms with Gasteiger partial charge in [0.05, 0.1) is 25.5 Å². The lowest BCUT2D eigenvalue weighted by atomic mass is 10.1. The van der Waals surface area contributed by atoms with Gasteiger partial charge >= 0.3 is 0 Å². The van der Waals surface area contributed by atoms with E-state index in [4.69, 9.17) is 15.2 Å². The van der Waals surface area contributed by atoms with Crippen molar-refractivity contribution in [3.8, 4) is 11.5 Å². The number of anilines is 1. The smallest absolute Gasteiger partial charge is 0.255 e. The van der Waals surface area contributed by atoms with Gasteiger partial charge in [0.1, 0.15) is 16.0 Å². The molecule has 0 saturated carbocycles. The highest BCUT2D eigenvalue weighted by atomic mass is 79.9. The van der Waals surface area contributed by atoms with E-state index in [1.807, 2.05) is 0 Å². The summed E-state index contributed by atoms with van der Waals surface area (Å²) in [6.07, 6.45) is 0. The number of benzene rings is 2. The minimum absolute atomic E-state index is 0.233. The maximum atomic E-state index is 12.4. The van der Waals surface area contributed by atoms with Gasteiger partial charge < -0.3 is 20.5 Å². The normalized spacial score (nSPS) is 10.0. The molecule has 0 unspecified atom stereocenters. The summed E-state index contributed by atoms with van der Waals surface area (Å²) in [7, 11) is 2.98. The van der Waals surface area contributed by atoms with Gasteiger partial charge in [-0.25, -0.2) is 0 Å². The number of amides is 2. The molecule has 7 heteroatoms. The van der Waals surface area contributed by atoms with Crippen molar-refractivity contribution in [1.82, 2.24) is 0 Å². The molecule has 23 heavy (non-hydrogen) atoms. The molecule has 0 saturated heterocycles. The minimum Gasteiger partial charge on any atom is -0.495 e. The highest BCUT2D eigenvalue weighted by molar-refractivity contribution is 9.10. The van der Waals surface area contributed by atoms with Gasteiger partial charge in [0.25, 0.3) is 11.8 Å². The summed E-state index contributed by atoms with van der Waals surface area (Å²) in [5, 5.41) is 2.66. The van der Waals surface area contributed by atoms with E-state index in [1.54, 1.807) is 36.4 Å². The second kappa shape index (κ2) is 7.15. The molecule has 0 atom stereocenters. The predicted molar refractivity (Wildman–Crippen MR) is 90.2 cm³/mol. The molecule has 0 aliphatic heterocycles. The van der Waals surface area contributed by atoms with Crippen molar-refractivity contribution in [2.45, 2.75) is 0 Å². The van der Waals surface area contributed by atoms with Crippen LogP contribution in [-0.2, 0) is 0 Å². The topological polar surface area (TPSA) is 90.6 Å². The molecular formula is C16H15BrN2O4. The molecule has 0 fully saturated rings. The van der Waals surface area contributed by atoms with E-state index in [0.717, 1.165) is 0 Å². The zero-order valence-corrected chi connectivity index (χ0v) is 14.1. The lowest BCUT2D eigenvalue weighted by molar-refractivity contribution is 0.100. The fourth-order valence-corrected chi connectivity index (χ4v) is 2.55. The van der Waals surface area contributed by atoms with Gasteiger partial charge in [0.15, 0.2) is 0 Å². The number of ether oxygens (including phenoxy) is 2. The number of carbonyl (C=O) groups excluding carboxylic acids is 2. The number of hydrogen-bond donors (Lipinski definition) is 2. The summed E-state index contributed by atoms with van der Waals surface area (Å²) < 4.78 is 11.0. The van der Waals surface area contributed by atoms with E-state index in [-0.39, 0.29) is 5.56 Å². The predicted octanol–water partition coefficient (Wildman–Crippen LogP) is 2.82. The first kappa shape index (κ1) is 16.8. The Kier molecular flexibility index (Phi) is 5.23. The molecule has 2 rings (SSSR count). The Hall–Kier alpha value is -2.54. The van der Waals surface area contributed by atoms with Crippen LogP contribution in [0.4, 0.5) is 5.69 Å². The second-order valence-corrected chi connectivity index (χ2v) is 5.35. The van der Waals surface area contributed by atoms with Crippen LogP contribution < -0.4 is 20.5 Å². The maximum Gasteiger partial charge on any atom is 0.255 e. The number of halogens is 1. The first-order chi connectivity index (χ1) is 11.0. The number of nitrogens with one attached hydrogen (secondary N) is 1. The molecule has 0 heterocycles. The van der Waals surface area contributed by atoms with Crippen LogP contribution in [0.1, 0.15) is 20.7 Å². The largest absolute Gasteiger partial charge is 0.495 e. The highest BCUT2D eigenvalue weighted by Gasteiger charge is 2.16. The Morgan fingerprint density at radius 1 is 1.09 bits per heavy atom. The van der Waals surface area contributed by atoms with E-state index >= 15 is 0 Å². The number of para-hydroxylation sites is 1. The zero-order valence-electron chi connectivity index (χ0n) is 12.6. The highest BCUT2D eigenvalue weighted by Crippen LogP contribution is 2.35. The Balaban J connectivity index is 2.37. The number of hydrogen-bond acceptors (Lipinski definition) is 4. The van der Waals surface area contributed by atoms with Crippen molar-refractivity contribution >= 4 is 33.4 Å². The van der Waals surface area contributed by atoms with Crippen LogP contribution in [0.2, 0.25) is 0 Å². The third kappa shape index (κ3) is 3.62. The molecular weight excluding hydrogens is 364 g/mol. The Morgan fingerprint density at radius 3 is 2.17 bits per heavy atom. The molecule has 2 aromatic rings. The van der Waals surface area contributed by atoms with Crippen LogP contribution >= 0.6 is 15.9 Å². The lowest BCUT2D eigenvalue weighted by Crippen LogP contribution is -2.18. The van der Waals surface area contributed by atoms with Gasteiger partial charge in [-0.15, -0.1) is 0 Å². The van der Waals surface area contributed by atoms with E-state index in [1.165, 1.54) is 14.2 Å². The molecule has 3 N–H and O–H groups in total.